The molecule has 3 fully saturated rings. The molecule has 0 saturated carbocycles. The highest BCUT2D eigenvalue weighted by Gasteiger charge is 2.51. The minimum atomic E-state index is -1.76. The van der Waals surface area contributed by atoms with E-state index in [4.69, 9.17) is 9.47 Å². The highest BCUT2D eigenvalue weighted by molar-refractivity contribution is 7.12. The van der Waals surface area contributed by atoms with Gasteiger partial charge in [0.25, 0.3) is 0 Å². The number of esters is 1. The zero-order chi connectivity index (χ0) is 23.6. The molecule has 2 N–H and O–H groups in total. The van der Waals surface area contributed by atoms with Crippen molar-refractivity contribution in [2.45, 2.75) is 31.0 Å². The number of phenols is 1. The first kappa shape index (κ1) is 23.4. The maximum atomic E-state index is 13.5. The van der Waals surface area contributed by atoms with Crippen molar-refractivity contribution in [1.82, 2.24) is 0 Å². The average molecular weight is 501 g/mol. The molecule has 2 aromatic heterocycles. The lowest BCUT2D eigenvalue weighted by Gasteiger charge is -2.52. The second-order valence-electron chi connectivity index (χ2n) is 9.31. The van der Waals surface area contributed by atoms with E-state index in [1.807, 2.05) is 29.0 Å². The van der Waals surface area contributed by atoms with Crippen molar-refractivity contribution in [3.8, 4) is 11.5 Å². The third-order valence-corrected chi connectivity index (χ3v) is 9.21. The number of phenolic OH excluding ortho intramolecular Hbond substituents is 1. The van der Waals surface area contributed by atoms with E-state index in [1.54, 1.807) is 30.3 Å². The van der Waals surface area contributed by atoms with Gasteiger partial charge in [-0.2, -0.15) is 0 Å². The largest absolute Gasteiger partial charge is 0.504 e. The number of hydrogen-bond donors (Lipinski definition) is 2. The van der Waals surface area contributed by atoms with Gasteiger partial charge in [-0.3, -0.25) is 0 Å². The lowest BCUT2D eigenvalue weighted by molar-refractivity contribution is -0.946. The molecule has 6 nitrogen and oxygen atoms in total. The normalized spacial score (nSPS) is 24.1. The lowest BCUT2D eigenvalue weighted by atomic mass is 9.83. The van der Waals surface area contributed by atoms with Gasteiger partial charge in [0.05, 0.1) is 36.0 Å². The van der Waals surface area contributed by atoms with Crippen LogP contribution in [0.4, 0.5) is 0 Å². The SMILES string of the molecule is O=C(O[C@H]1C[N+]2(CCCOc3ccccc3O)CCC1CC2)C(O)(c1cccs1)c1cccs1. The standard InChI is InChI=1S/C26H29NO5S2/c28-20-6-1-2-7-21(20)31-15-5-12-27-13-10-19(11-14-27)22(18-27)32-25(29)26(30,23-8-3-16-33-23)24-9-4-17-34-24/h1-4,6-9,16-17,19,22,30H,5,10-15,18H2/p+1/t19?,22-,27?/m0/s1. The lowest BCUT2D eigenvalue weighted by Crippen LogP contribution is -2.65. The molecule has 0 spiro atoms. The summed E-state index contributed by atoms with van der Waals surface area (Å²) >= 11 is 2.73. The van der Waals surface area contributed by atoms with Crippen LogP contribution in [-0.4, -0.2) is 59.6 Å². The third kappa shape index (κ3) is 4.47. The van der Waals surface area contributed by atoms with E-state index in [9.17, 15) is 15.0 Å². The number of benzene rings is 1. The first-order valence-electron chi connectivity index (χ1n) is 11.8. The van der Waals surface area contributed by atoms with Crippen LogP contribution in [0.2, 0.25) is 0 Å². The molecule has 6 rings (SSSR count). The number of rotatable bonds is 9. The van der Waals surface area contributed by atoms with E-state index < -0.39 is 11.6 Å². The van der Waals surface area contributed by atoms with Crippen LogP contribution in [-0.2, 0) is 15.1 Å². The van der Waals surface area contributed by atoms with Crippen molar-refractivity contribution in [2.24, 2.45) is 5.92 Å². The van der Waals surface area contributed by atoms with Crippen LogP contribution in [0.3, 0.4) is 0 Å². The molecule has 0 radical (unpaired) electrons. The number of aromatic hydroxyl groups is 1. The van der Waals surface area contributed by atoms with E-state index in [1.165, 1.54) is 22.7 Å². The smallest absolute Gasteiger partial charge is 0.349 e. The average Bonchev–Trinajstić information content (AvgIpc) is 3.58. The fourth-order valence-electron chi connectivity index (χ4n) is 5.34. The summed E-state index contributed by atoms with van der Waals surface area (Å²) in [6, 6.07) is 14.3. The number of quaternary nitrogens is 1. The molecule has 5 heterocycles. The molecule has 1 atom stereocenters. The first-order valence-corrected chi connectivity index (χ1v) is 13.5. The Labute approximate surface area is 207 Å². The summed E-state index contributed by atoms with van der Waals surface area (Å²) in [4.78, 5) is 14.6. The molecular formula is C26H30NO5S2+. The zero-order valence-corrected chi connectivity index (χ0v) is 20.6. The number of fused-ring (bicyclic) bond motifs is 3. The number of carbonyl (C=O) groups is 1. The Morgan fingerprint density at radius 2 is 1.71 bits per heavy atom. The topological polar surface area (TPSA) is 76.0 Å². The number of aliphatic hydroxyl groups is 1. The highest BCUT2D eigenvalue weighted by Crippen LogP contribution is 2.40. The van der Waals surface area contributed by atoms with Crippen LogP contribution in [0.1, 0.15) is 29.0 Å². The minimum absolute atomic E-state index is 0.157. The predicted octanol–water partition coefficient (Wildman–Crippen LogP) is 4.37. The molecule has 3 aliphatic heterocycles. The summed E-state index contributed by atoms with van der Waals surface area (Å²) in [5.74, 6) is 0.437. The van der Waals surface area contributed by atoms with Gasteiger partial charge in [-0.05, 0) is 35.0 Å². The number of nitrogens with zero attached hydrogens (tertiary/aromatic N) is 1. The molecule has 3 saturated heterocycles. The molecule has 0 aliphatic carbocycles. The Balaban J connectivity index is 1.23. The second kappa shape index (κ2) is 9.70. The van der Waals surface area contributed by atoms with Crippen molar-refractivity contribution < 1.29 is 29.0 Å². The molecule has 0 unspecified atom stereocenters. The fourth-order valence-corrected chi connectivity index (χ4v) is 7.06. The van der Waals surface area contributed by atoms with Crippen molar-refractivity contribution in [1.29, 1.82) is 0 Å². The van der Waals surface area contributed by atoms with Crippen LogP contribution in [0.25, 0.3) is 0 Å². The Hall–Kier alpha value is -2.39. The van der Waals surface area contributed by atoms with Gasteiger partial charge in [-0.15, -0.1) is 22.7 Å². The first-order chi connectivity index (χ1) is 16.5. The van der Waals surface area contributed by atoms with E-state index in [-0.39, 0.29) is 11.9 Å². The van der Waals surface area contributed by atoms with Crippen molar-refractivity contribution in [3.63, 3.8) is 0 Å². The van der Waals surface area contributed by atoms with Crippen LogP contribution < -0.4 is 4.74 Å². The molecule has 2 bridgehead atoms. The van der Waals surface area contributed by atoms with E-state index in [0.717, 1.165) is 49.9 Å². The molecular weight excluding hydrogens is 470 g/mol. The van der Waals surface area contributed by atoms with Crippen LogP contribution in [0.5, 0.6) is 11.5 Å². The molecule has 0 amide bonds. The summed E-state index contributed by atoms with van der Waals surface area (Å²) in [7, 11) is 0. The Kier molecular flexibility index (Phi) is 6.66. The van der Waals surface area contributed by atoms with Gasteiger partial charge in [0.15, 0.2) is 17.6 Å². The third-order valence-electron chi connectivity index (χ3n) is 7.25. The maximum Gasteiger partial charge on any atom is 0.349 e. The van der Waals surface area contributed by atoms with Crippen molar-refractivity contribution in [3.05, 3.63) is 69.0 Å². The molecule has 180 valence electrons. The van der Waals surface area contributed by atoms with Crippen LogP contribution in [0.15, 0.2) is 59.3 Å². The van der Waals surface area contributed by atoms with E-state index >= 15 is 0 Å². The number of piperidine rings is 3. The predicted molar refractivity (Wildman–Crippen MR) is 132 cm³/mol. The summed E-state index contributed by atoms with van der Waals surface area (Å²) in [6.45, 7) is 4.40. The van der Waals surface area contributed by atoms with Gasteiger partial charge in [0, 0.05) is 25.2 Å². The van der Waals surface area contributed by atoms with Gasteiger partial charge in [-0.1, -0.05) is 24.3 Å². The Bertz CT molecular complexity index is 1060. The fraction of sp³-hybridized carbons (Fsp3) is 0.423. The number of hydrogen-bond acceptors (Lipinski definition) is 7. The van der Waals surface area contributed by atoms with E-state index in [0.29, 0.717) is 28.0 Å². The number of para-hydroxylation sites is 2. The number of carbonyl (C=O) groups excluding carboxylic acids is 1. The van der Waals surface area contributed by atoms with Gasteiger partial charge in [-0.25, -0.2) is 4.79 Å². The number of ether oxygens (including phenoxy) is 2. The zero-order valence-electron chi connectivity index (χ0n) is 19.0. The van der Waals surface area contributed by atoms with Crippen molar-refractivity contribution >= 4 is 28.6 Å². The molecule has 1 aromatic carbocycles. The van der Waals surface area contributed by atoms with Crippen LogP contribution in [0, 0.1) is 5.92 Å². The quantitative estimate of drug-likeness (QED) is 0.259. The maximum absolute atomic E-state index is 13.5. The molecule has 34 heavy (non-hydrogen) atoms. The summed E-state index contributed by atoms with van der Waals surface area (Å²) < 4.78 is 12.8. The van der Waals surface area contributed by atoms with Gasteiger partial charge < -0.3 is 24.2 Å². The summed E-state index contributed by atoms with van der Waals surface area (Å²) in [6.07, 6.45) is 2.71. The Morgan fingerprint density at radius 1 is 1.03 bits per heavy atom. The van der Waals surface area contributed by atoms with Gasteiger partial charge >= 0.3 is 5.97 Å². The minimum Gasteiger partial charge on any atom is -0.504 e. The Morgan fingerprint density at radius 3 is 2.32 bits per heavy atom. The second-order valence-corrected chi connectivity index (χ2v) is 11.2. The number of thiophene rings is 2. The molecule has 3 aliphatic rings. The monoisotopic (exact) mass is 500 g/mol. The van der Waals surface area contributed by atoms with Crippen LogP contribution >= 0.6 is 22.7 Å². The van der Waals surface area contributed by atoms with Gasteiger partial charge in [0.2, 0.25) is 5.60 Å². The molecule has 3 aromatic rings. The summed E-state index contributed by atoms with van der Waals surface area (Å²) in [5, 5.41) is 25.2. The van der Waals surface area contributed by atoms with E-state index in [2.05, 4.69) is 0 Å². The van der Waals surface area contributed by atoms with Gasteiger partial charge in [0.1, 0.15) is 6.54 Å². The molecule has 8 heteroatoms. The van der Waals surface area contributed by atoms with Crippen molar-refractivity contribution in [2.75, 3.05) is 32.8 Å². The highest BCUT2D eigenvalue weighted by atomic mass is 32.1. The summed E-state index contributed by atoms with van der Waals surface area (Å²) in [5.41, 5.74) is -1.76.